The fourth-order valence-electron chi connectivity index (χ4n) is 4.09. The SMILES string of the molecule is COCCn1nc(CCNC(=O)C2(c3ccc(OC)cc3)CC2)c2c1CCOC2. The van der Waals surface area contributed by atoms with Crippen molar-refractivity contribution < 1.29 is 19.0 Å². The molecule has 2 aromatic rings. The van der Waals surface area contributed by atoms with Crippen molar-refractivity contribution in [1.29, 1.82) is 0 Å². The lowest BCUT2D eigenvalue weighted by atomic mass is 9.95. The summed E-state index contributed by atoms with van der Waals surface area (Å²) in [6.45, 7) is 3.28. The number of carbonyl (C=O) groups is 1. The molecule has 156 valence electrons. The van der Waals surface area contributed by atoms with Gasteiger partial charge in [-0.25, -0.2) is 0 Å². The van der Waals surface area contributed by atoms with Gasteiger partial charge in [0.2, 0.25) is 5.91 Å². The Bertz CT molecular complexity index is 856. The highest BCUT2D eigenvalue weighted by Crippen LogP contribution is 2.48. The number of rotatable bonds is 9. The van der Waals surface area contributed by atoms with E-state index in [1.54, 1.807) is 14.2 Å². The molecule has 1 N–H and O–H groups in total. The van der Waals surface area contributed by atoms with Crippen LogP contribution in [0.25, 0.3) is 0 Å². The summed E-state index contributed by atoms with van der Waals surface area (Å²) in [5.74, 6) is 0.910. The summed E-state index contributed by atoms with van der Waals surface area (Å²) in [6, 6.07) is 7.83. The van der Waals surface area contributed by atoms with Gasteiger partial charge in [-0.1, -0.05) is 12.1 Å². The van der Waals surface area contributed by atoms with E-state index in [0.717, 1.165) is 49.4 Å². The number of hydrogen-bond donors (Lipinski definition) is 1. The molecule has 1 amide bonds. The van der Waals surface area contributed by atoms with Crippen molar-refractivity contribution in [3.63, 3.8) is 0 Å². The first kappa shape index (κ1) is 19.9. The van der Waals surface area contributed by atoms with Crippen molar-refractivity contribution in [3.8, 4) is 5.75 Å². The normalized spacial score (nSPS) is 16.9. The second kappa shape index (κ2) is 8.55. The quantitative estimate of drug-likeness (QED) is 0.698. The van der Waals surface area contributed by atoms with E-state index in [4.69, 9.17) is 19.3 Å². The van der Waals surface area contributed by atoms with Gasteiger partial charge < -0.3 is 19.5 Å². The van der Waals surface area contributed by atoms with Crippen LogP contribution in [-0.4, -0.2) is 49.7 Å². The van der Waals surface area contributed by atoms with E-state index in [9.17, 15) is 4.79 Å². The molecule has 0 saturated heterocycles. The molecule has 1 aliphatic carbocycles. The van der Waals surface area contributed by atoms with Gasteiger partial charge >= 0.3 is 0 Å². The van der Waals surface area contributed by atoms with E-state index in [-0.39, 0.29) is 11.3 Å². The van der Waals surface area contributed by atoms with Gasteiger partial charge in [-0.05, 0) is 30.5 Å². The summed E-state index contributed by atoms with van der Waals surface area (Å²) >= 11 is 0. The molecule has 0 atom stereocenters. The van der Waals surface area contributed by atoms with Crippen LogP contribution in [0.15, 0.2) is 24.3 Å². The number of hydrogen-bond acceptors (Lipinski definition) is 5. The van der Waals surface area contributed by atoms with Crippen molar-refractivity contribution in [2.75, 3.05) is 34.0 Å². The second-order valence-electron chi connectivity index (χ2n) is 7.71. The van der Waals surface area contributed by atoms with Crippen LogP contribution < -0.4 is 10.1 Å². The maximum atomic E-state index is 12.9. The monoisotopic (exact) mass is 399 g/mol. The number of fused-ring (bicyclic) bond motifs is 1. The van der Waals surface area contributed by atoms with Gasteiger partial charge in [0.25, 0.3) is 0 Å². The van der Waals surface area contributed by atoms with Crippen molar-refractivity contribution in [1.82, 2.24) is 15.1 Å². The smallest absolute Gasteiger partial charge is 0.230 e. The summed E-state index contributed by atoms with van der Waals surface area (Å²) in [5.41, 5.74) is 4.12. The molecule has 0 unspecified atom stereocenters. The Morgan fingerprint density at radius 2 is 2.07 bits per heavy atom. The van der Waals surface area contributed by atoms with Gasteiger partial charge in [-0.3, -0.25) is 9.48 Å². The highest BCUT2D eigenvalue weighted by Gasteiger charge is 2.51. The third-order valence-corrected chi connectivity index (χ3v) is 5.96. The van der Waals surface area contributed by atoms with Crippen LogP contribution in [-0.2, 0) is 45.7 Å². The molecule has 2 heterocycles. The lowest BCUT2D eigenvalue weighted by Gasteiger charge is -2.17. The topological polar surface area (TPSA) is 74.6 Å². The molecule has 1 aromatic carbocycles. The van der Waals surface area contributed by atoms with Gasteiger partial charge in [-0.2, -0.15) is 5.10 Å². The Hall–Kier alpha value is -2.38. The number of nitrogens with zero attached hydrogens (tertiary/aromatic N) is 2. The number of methoxy groups -OCH3 is 2. The summed E-state index contributed by atoms with van der Waals surface area (Å²) in [6.07, 6.45) is 3.36. The fraction of sp³-hybridized carbons (Fsp3) is 0.545. The third kappa shape index (κ3) is 4.02. The van der Waals surface area contributed by atoms with Gasteiger partial charge in [-0.15, -0.1) is 0 Å². The Balaban J connectivity index is 1.38. The Morgan fingerprint density at radius 3 is 2.76 bits per heavy atom. The highest BCUT2D eigenvalue weighted by atomic mass is 16.5. The molecule has 7 heteroatoms. The van der Waals surface area contributed by atoms with Crippen molar-refractivity contribution in [3.05, 3.63) is 46.8 Å². The number of benzene rings is 1. The lowest BCUT2D eigenvalue weighted by Crippen LogP contribution is -2.36. The van der Waals surface area contributed by atoms with E-state index in [1.165, 1.54) is 11.3 Å². The number of amides is 1. The highest BCUT2D eigenvalue weighted by molar-refractivity contribution is 5.91. The summed E-state index contributed by atoms with van der Waals surface area (Å²) < 4.78 is 18.1. The van der Waals surface area contributed by atoms with Crippen LogP contribution in [0.4, 0.5) is 0 Å². The predicted octanol–water partition coefficient (Wildman–Crippen LogP) is 2.00. The minimum Gasteiger partial charge on any atom is -0.497 e. The van der Waals surface area contributed by atoms with E-state index in [0.29, 0.717) is 26.2 Å². The number of aromatic nitrogens is 2. The Kier molecular flexibility index (Phi) is 5.87. The van der Waals surface area contributed by atoms with E-state index >= 15 is 0 Å². The van der Waals surface area contributed by atoms with Crippen molar-refractivity contribution in [2.24, 2.45) is 0 Å². The summed E-state index contributed by atoms with van der Waals surface area (Å²) in [4.78, 5) is 12.9. The molecule has 4 rings (SSSR count). The number of ether oxygens (including phenoxy) is 3. The van der Waals surface area contributed by atoms with Gasteiger partial charge in [0.15, 0.2) is 0 Å². The average molecular weight is 399 g/mol. The minimum atomic E-state index is -0.382. The molecule has 1 aromatic heterocycles. The molecule has 1 saturated carbocycles. The minimum absolute atomic E-state index is 0.103. The second-order valence-corrected chi connectivity index (χ2v) is 7.71. The lowest BCUT2D eigenvalue weighted by molar-refractivity contribution is -0.123. The van der Waals surface area contributed by atoms with Crippen LogP contribution in [0.5, 0.6) is 5.75 Å². The van der Waals surface area contributed by atoms with Crippen LogP contribution in [0.2, 0.25) is 0 Å². The van der Waals surface area contributed by atoms with E-state index in [1.807, 2.05) is 28.9 Å². The maximum Gasteiger partial charge on any atom is 0.230 e. The molecule has 1 aliphatic heterocycles. The van der Waals surface area contributed by atoms with Gasteiger partial charge in [0.05, 0.1) is 44.6 Å². The third-order valence-electron chi connectivity index (χ3n) is 5.96. The molecular weight excluding hydrogens is 370 g/mol. The molecule has 7 nitrogen and oxygen atoms in total. The first-order chi connectivity index (χ1) is 14.2. The van der Waals surface area contributed by atoms with Crippen LogP contribution in [0.3, 0.4) is 0 Å². The van der Waals surface area contributed by atoms with E-state index < -0.39 is 0 Å². The number of nitrogens with one attached hydrogen (secondary N) is 1. The standard InChI is InChI=1S/C22H29N3O4/c1-27-14-12-25-20-8-13-29-15-18(20)19(24-25)7-11-23-21(26)22(9-10-22)16-3-5-17(28-2)6-4-16/h3-6H,7-15H2,1-2H3,(H,23,26). The van der Waals surface area contributed by atoms with Crippen molar-refractivity contribution in [2.45, 2.75) is 44.2 Å². The molecule has 0 spiro atoms. The largest absolute Gasteiger partial charge is 0.497 e. The molecule has 1 fully saturated rings. The maximum absolute atomic E-state index is 12.9. The zero-order valence-corrected chi connectivity index (χ0v) is 17.2. The summed E-state index contributed by atoms with van der Waals surface area (Å²) in [5, 5.41) is 7.91. The Labute approximate surface area is 171 Å². The van der Waals surface area contributed by atoms with Crippen LogP contribution >= 0.6 is 0 Å². The average Bonchev–Trinajstić information content (AvgIpc) is 3.51. The predicted molar refractivity (Wildman–Crippen MR) is 108 cm³/mol. The van der Waals surface area contributed by atoms with E-state index in [2.05, 4.69) is 5.32 Å². The molecular formula is C22H29N3O4. The summed E-state index contributed by atoms with van der Waals surface area (Å²) in [7, 11) is 3.35. The molecule has 0 radical (unpaired) electrons. The molecule has 0 bridgehead atoms. The van der Waals surface area contributed by atoms with Crippen LogP contribution in [0.1, 0.15) is 35.4 Å². The zero-order valence-electron chi connectivity index (χ0n) is 17.2. The first-order valence-corrected chi connectivity index (χ1v) is 10.2. The molecule has 29 heavy (non-hydrogen) atoms. The number of carbonyl (C=O) groups excluding carboxylic acids is 1. The fourth-order valence-corrected chi connectivity index (χ4v) is 4.09. The Morgan fingerprint density at radius 1 is 1.28 bits per heavy atom. The van der Waals surface area contributed by atoms with Crippen molar-refractivity contribution >= 4 is 5.91 Å². The van der Waals surface area contributed by atoms with Crippen LogP contribution in [0, 0.1) is 0 Å². The zero-order chi connectivity index (χ0) is 20.3. The van der Waals surface area contributed by atoms with Gasteiger partial charge in [0.1, 0.15) is 5.75 Å². The first-order valence-electron chi connectivity index (χ1n) is 10.2. The van der Waals surface area contributed by atoms with Gasteiger partial charge in [0, 0.05) is 37.8 Å². The molecule has 2 aliphatic rings.